The Morgan fingerprint density at radius 1 is 1.08 bits per heavy atom. The summed E-state index contributed by atoms with van der Waals surface area (Å²) in [6.07, 6.45) is 4.45. The summed E-state index contributed by atoms with van der Waals surface area (Å²) in [7, 11) is -3.83. The molecule has 0 atom stereocenters. The third kappa shape index (κ3) is 2.85. The van der Waals surface area contributed by atoms with Gasteiger partial charge in [-0.1, -0.05) is 24.3 Å². The van der Waals surface area contributed by atoms with Crippen molar-refractivity contribution in [2.24, 2.45) is 0 Å². The number of anilines is 1. The lowest BCUT2D eigenvalue weighted by molar-refractivity contribution is 0.600. The number of benzene rings is 1. The second-order valence-corrected chi connectivity index (χ2v) is 7.13. The van der Waals surface area contributed by atoms with Crippen LogP contribution in [0.15, 0.2) is 66.0 Å². The first-order valence-corrected chi connectivity index (χ1v) is 8.96. The molecule has 0 aliphatic carbocycles. The maximum Gasteiger partial charge on any atom is 0.267 e. The van der Waals surface area contributed by atoms with Gasteiger partial charge in [0.15, 0.2) is 5.65 Å². The van der Waals surface area contributed by atoms with Gasteiger partial charge in [0.05, 0.1) is 18.1 Å². The van der Waals surface area contributed by atoms with Gasteiger partial charge in [-0.05, 0) is 30.7 Å². The summed E-state index contributed by atoms with van der Waals surface area (Å²) in [6.45, 7) is 1.93. The molecule has 0 aliphatic heterocycles. The zero-order valence-corrected chi connectivity index (χ0v) is 14.1. The maximum absolute atomic E-state index is 12.6. The van der Waals surface area contributed by atoms with Crippen molar-refractivity contribution in [3.05, 3.63) is 66.6 Å². The molecule has 0 fully saturated rings. The molecule has 25 heavy (non-hydrogen) atoms. The van der Waals surface area contributed by atoms with Crippen LogP contribution in [0.25, 0.3) is 11.3 Å². The minimum absolute atomic E-state index is 0.00911. The van der Waals surface area contributed by atoms with E-state index >= 15 is 0 Å². The van der Waals surface area contributed by atoms with E-state index in [2.05, 4.69) is 19.9 Å². The normalized spacial score (nSPS) is 11.7. The first-order chi connectivity index (χ1) is 12.0. The Labute approximate surface area is 143 Å². The van der Waals surface area contributed by atoms with Crippen LogP contribution in [0.5, 0.6) is 0 Å². The molecule has 0 bridgehead atoms. The molecule has 0 saturated carbocycles. The van der Waals surface area contributed by atoms with Crippen LogP contribution in [0.2, 0.25) is 0 Å². The van der Waals surface area contributed by atoms with Crippen LogP contribution < -0.4 is 4.72 Å². The Bertz CT molecular complexity index is 1130. The second kappa shape index (κ2) is 5.71. The molecule has 0 aliphatic rings. The molecule has 0 unspecified atom stereocenters. The van der Waals surface area contributed by atoms with E-state index in [-0.39, 0.29) is 10.8 Å². The van der Waals surface area contributed by atoms with Crippen molar-refractivity contribution >= 4 is 21.6 Å². The van der Waals surface area contributed by atoms with Crippen LogP contribution in [0.3, 0.4) is 0 Å². The average Bonchev–Trinajstić information content (AvgIpc) is 3.21. The topological polar surface area (TPSA) is 94.2 Å². The maximum atomic E-state index is 12.6. The highest BCUT2D eigenvalue weighted by Gasteiger charge is 2.19. The number of nitrogens with zero attached hydrogens (tertiary/aromatic N) is 5. The van der Waals surface area contributed by atoms with Crippen LogP contribution in [0, 0.1) is 6.92 Å². The van der Waals surface area contributed by atoms with E-state index in [0.29, 0.717) is 5.65 Å². The molecule has 3 heterocycles. The molecule has 0 saturated heterocycles. The van der Waals surface area contributed by atoms with E-state index in [1.165, 1.54) is 21.6 Å². The smallest absolute Gasteiger partial charge is 0.246 e. The number of para-hydroxylation sites is 1. The molecule has 9 heteroatoms. The number of rotatable bonds is 4. The van der Waals surface area contributed by atoms with Crippen molar-refractivity contribution in [1.29, 1.82) is 0 Å². The number of hydrogen-bond donors (Lipinski definition) is 1. The summed E-state index contributed by atoms with van der Waals surface area (Å²) in [5.41, 5.74) is 2.36. The molecule has 0 radical (unpaired) electrons. The van der Waals surface area contributed by atoms with E-state index in [4.69, 9.17) is 0 Å². The molecule has 8 nitrogen and oxygen atoms in total. The van der Waals surface area contributed by atoms with Gasteiger partial charge in [0.2, 0.25) is 0 Å². The van der Waals surface area contributed by atoms with Gasteiger partial charge in [-0.15, -0.1) is 5.10 Å². The van der Waals surface area contributed by atoms with E-state index in [1.807, 2.05) is 31.2 Å². The predicted molar refractivity (Wildman–Crippen MR) is 92.1 cm³/mol. The van der Waals surface area contributed by atoms with E-state index < -0.39 is 10.0 Å². The molecule has 0 amide bonds. The average molecular weight is 354 g/mol. The van der Waals surface area contributed by atoms with Crippen molar-refractivity contribution in [2.75, 3.05) is 4.72 Å². The lowest BCUT2D eigenvalue weighted by Crippen LogP contribution is -2.13. The fraction of sp³-hybridized carbons (Fsp3) is 0.0625. The predicted octanol–water partition coefficient (Wildman–Crippen LogP) is 2.02. The third-order valence-electron chi connectivity index (χ3n) is 3.70. The van der Waals surface area contributed by atoms with Gasteiger partial charge in [-0.25, -0.2) is 22.3 Å². The minimum atomic E-state index is -3.83. The first-order valence-electron chi connectivity index (χ1n) is 7.48. The van der Waals surface area contributed by atoms with Crippen LogP contribution in [0.1, 0.15) is 5.56 Å². The molecule has 3 aromatic heterocycles. The third-order valence-corrected chi connectivity index (χ3v) is 4.98. The quantitative estimate of drug-likeness (QED) is 0.605. The van der Waals surface area contributed by atoms with Crippen LogP contribution >= 0.6 is 0 Å². The van der Waals surface area contributed by atoms with Gasteiger partial charge in [-0.2, -0.15) is 10.1 Å². The summed E-state index contributed by atoms with van der Waals surface area (Å²) >= 11 is 0. The molecule has 4 rings (SSSR count). The molecule has 126 valence electrons. The van der Waals surface area contributed by atoms with Crippen molar-refractivity contribution in [3.63, 3.8) is 0 Å². The number of fused-ring (bicyclic) bond motifs is 1. The standard InChI is InChI=1S/C16H14N6O2S/c1-12-6-2-3-7-14(12)22-11-13(10-17-22)25(23,24)20-16-18-15-8-4-5-9-21(15)19-16/h2-11H,1H3,(H,19,20). The van der Waals surface area contributed by atoms with Crippen molar-refractivity contribution in [3.8, 4) is 5.69 Å². The molecule has 1 aromatic carbocycles. The summed E-state index contributed by atoms with van der Waals surface area (Å²) in [5, 5.41) is 8.24. The molecule has 0 spiro atoms. The van der Waals surface area contributed by atoms with Crippen LogP contribution in [-0.2, 0) is 10.0 Å². The van der Waals surface area contributed by atoms with E-state index in [0.717, 1.165) is 11.3 Å². The van der Waals surface area contributed by atoms with Gasteiger partial charge in [0.1, 0.15) is 4.90 Å². The van der Waals surface area contributed by atoms with Crippen LogP contribution in [-0.4, -0.2) is 32.8 Å². The lowest BCUT2D eigenvalue weighted by atomic mass is 10.2. The largest absolute Gasteiger partial charge is 0.267 e. The summed E-state index contributed by atoms with van der Waals surface area (Å²) in [5.74, 6) is 0.00911. The Kier molecular flexibility index (Phi) is 3.50. The molecule has 4 aromatic rings. The first kappa shape index (κ1) is 15.3. The number of aromatic nitrogens is 5. The Balaban J connectivity index is 1.65. The van der Waals surface area contributed by atoms with Gasteiger partial charge in [0, 0.05) is 6.20 Å². The highest BCUT2D eigenvalue weighted by molar-refractivity contribution is 7.92. The summed E-state index contributed by atoms with van der Waals surface area (Å²) in [4.78, 5) is 4.17. The fourth-order valence-electron chi connectivity index (χ4n) is 2.45. The Morgan fingerprint density at radius 3 is 2.68 bits per heavy atom. The SMILES string of the molecule is Cc1ccccc1-n1cc(S(=O)(=O)Nc2nc3ccccn3n2)cn1. The molecular weight excluding hydrogens is 340 g/mol. The Hall–Kier alpha value is -3.20. The van der Waals surface area contributed by atoms with Crippen molar-refractivity contribution in [2.45, 2.75) is 11.8 Å². The van der Waals surface area contributed by atoms with E-state index in [1.54, 1.807) is 24.4 Å². The monoisotopic (exact) mass is 354 g/mol. The minimum Gasteiger partial charge on any atom is -0.246 e. The Morgan fingerprint density at radius 2 is 1.88 bits per heavy atom. The number of hydrogen-bond acceptors (Lipinski definition) is 5. The zero-order chi connectivity index (χ0) is 17.4. The van der Waals surface area contributed by atoms with Crippen molar-refractivity contribution in [1.82, 2.24) is 24.4 Å². The number of aryl methyl sites for hydroxylation is 1. The van der Waals surface area contributed by atoms with Gasteiger partial charge in [-0.3, -0.25) is 0 Å². The van der Waals surface area contributed by atoms with Gasteiger partial charge >= 0.3 is 0 Å². The highest BCUT2D eigenvalue weighted by Crippen LogP contribution is 2.17. The number of sulfonamides is 1. The van der Waals surface area contributed by atoms with Crippen LogP contribution in [0.4, 0.5) is 5.95 Å². The van der Waals surface area contributed by atoms with Gasteiger partial charge in [0.25, 0.3) is 16.0 Å². The molecule has 1 N–H and O–H groups in total. The highest BCUT2D eigenvalue weighted by atomic mass is 32.2. The molecular formula is C16H14N6O2S. The van der Waals surface area contributed by atoms with Crippen molar-refractivity contribution < 1.29 is 8.42 Å². The number of nitrogens with one attached hydrogen (secondary N) is 1. The number of pyridine rings is 1. The second-order valence-electron chi connectivity index (χ2n) is 5.45. The van der Waals surface area contributed by atoms with Gasteiger partial charge < -0.3 is 0 Å². The fourth-order valence-corrected chi connectivity index (χ4v) is 3.32. The summed E-state index contributed by atoms with van der Waals surface area (Å²) < 4.78 is 30.5. The zero-order valence-electron chi connectivity index (χ0n) is 13.2. The summed E-state index contributed by atoms with van der Waals surface area (Å²) in [6, 6.07) is 12.9. The lowest BCUT2D eigenvalue weighted by Gasteiger charge is -2.04. The van der Waals surface area contributed by atoms with E-state index in [9.17, 15) is 8.42 Å².